The van der Waals surface area contributed by atoms with Crippen LogP contribution in [0.25, 0.3) is 16.9 Å². The number of piperidine rings is 1. The molecule has 4 aromatic rings. The average Bonchev–Trinajstić information content (AvgIpc) is 3.65. The highest BCUT2D eigenvalue weighted by Crippen LogP contribution is 2.36. The predicted molar refractivity (Wildman–Crippen MR) is 149 cm³/mol. The summed E-state index contributed by atoms with van der Waals surface area (Å²) in [5, 5.41) is 22.1. The predicted octanol–water partition coefficient (Wildman–Crippen LogP) is 2.45. The number of aryl methyl sites for hydroxylation is 1. The molecule has 0 saturated carbocycles. The number of carbonyl (C=O) groups is 2. The van der Waals surface area contributed by atoms with Crippen LogP contribution in [0.3, 0.4) is 0 Å². The topological polar surface area (TPSA) is 144 Å². The minimum atomic E-state index is -4.63. The number of imidazole rings is 1. The Balaban J connectivity index is 1.14. The first-order valence-electron chi connectivity index (χ1n) is 13.9. The van der Waals surface area contributed by atoms with Gasteiger partial charge in [-0.3, -0.25) is 19.1 Å². The van der Waals surface area contributed by atoms with Crippen molar-refractivity contribution in [3.63, 3.8) is 0 Å². The SMILES string of the molecule is Cc1cc(Nc2nccn3c(-c4c[nH]nc4C(F)(F)F)cnc23)ccc1C(=O)N1CCN(C(=O)[C@@H]2CCNC[C@H]2O)CC1. The van der Waals surface area contributed by atoms with Crippen molar-refractivity contribution in [1.29, 1.82) is 0 Å². The first kappa shape index (κ1) is 28.6. The van der Waals surface area contributed by atoms with E-state index in [2.05, 4.69) is 30.8 Å². The monoisotopic (exact) mass is 597 g/mol. The Kier molecular flexibility index (Phi) is 7.52. The number of hydrogen-bond acceptors (Lipinski definition) is 8. The van der Waals surface area contributed by atoms with E-state index in [1.165, 1.54) is 29.2 Å². The van der Waals surface area contributed by atoms with Crippen LogP contribution in [0.5, 0.6) is 0 Å². The average molecular weight is 598 g/mol. The van der Waals surface area contributed by atoms with Crippen LogP contribution in [0.2, 0.25) is 0 Å². The van der Waals surface area contributed by atoms with Gasteiger partial charge in [0, 0.05) is 62.6 Å². The molecule has 2 amide bonds. The van der Waals surface area contributed by atoms with E-state index in [1.807, 2.05) is 6.92 Å². The quantitative estimate of drug-likeness (QED) is 0.275. The number of nitrogens with zero attached hydrogens (tertiary/aromatic N) is 6. The zero-order valence-corrected chi connectivity index (χ0v) is 23.2. The van der Waals surface area contributed by atoms with Crippen LogP contribution in [0.15, 0.2) is 43.0 Å². The smallest absolute Gasteiger partial charge is 0.391 e. The number of aliphatic hydroxyl groups is 1. The fraction of sp³-hybridized carbons (Fsp3) is 0.393. The van der Waals surface area contributed by atoms with Crippen molar-refractivity contribution in [2.75, 3.05) is 44.6 Å². The largest absolute Gasteiger partial charge is 0.435 e. The summed E-state index contributed by atoms with van der Waals surface area (Å²) in [5.41, 5.74) is 1.20. The number of piperazine rings is 1. The number of hydrogen-bond donors (Lipinski definition) is 4. The van der Waals surface area contributed by atoms with Crippen molar-refractivity contribution in [2.24, 2.45) is 5.92 Å². The Bertz CT molecular complexity index is 1660. The second kappa shape index (κ2) is 11.3. The van der Waals surface area contributed by atoms with Gasteiger partial charge in [0.05, 0.1) is 29.5 Å². The standard InChI is InChI=1S/C28H30F3N9O3/c1-16-12-17(36-24-25-34-14-21(40(25)7-6-33-24)20-13-35-37-23(20)28(29,30)31)2-3-18(16)26(42)38-8-10-39(11-9-38)27(43)19-4-5-32-15-22(19)41/h2-3,6-7,12-14,19,22,32,41H,4-5,8-11,15H2,1H3,(H,33,36)(H,35,37)/t19-,22-/m1/s1. The Hall–Kier alpha value is -4.50. The number of amides is 2. The molecule has 2 aliphatic rings. The van der Waals surface area contributed by atoms with Gasteiger partial charge < -0.3 is 25.5 Å². The lowest BCUT2D eigenvalue weighted by Crippen LogP contribution is -2.55. The Morgan fingerprint density at radius 1 is 1.12 bits per heavy atom. The Morgan fingerprint density at radius 3 is 2.60 bits per heavy atom. The molecule has 43 heavy (non-hydrogen) atoms. The van der Waals surface area contributed by atoms with Gasteiger partial charge in [-0.1, -0.05) is 0 Å². The third-order valence-corrected chi connectivity index (χ3v) is 7.98. The minimum Gasteiger partial charge on any atom is -0.391 e. The van der Waals surface area contributed by atoms with E-state index >= 15 is 0 Å². The molecule has 15 heteroatoms. The van der Waals surface area contributed by atoms with Gasteiger partial charge in [-0.05, 0) is 43.7 Å². The summed E-state index contributed by atoms with van der Waals surface area (Å²) in [6.07, 6.45) is 0.735. The molecular weight excluding hydrogens is 567 g/mol. The number of benzene rings is 1. The summed E-state index contributed by atoms with van der Waals surface area (Å²) < 4.78 is 41.8. The lowest BCUT2D eigenvalue weighted by molar-refractivity contribution is -0.142. The summed E-state index contributed by atoms with van der Waals surface area (Å²) in [7, 11) is 0. The van der Waals surface area contributed by atoms with Crippen molar-refractivity contribution >= 4 is 29.0 Å². The van der Waals surface area contributed by atoms with Crippen LogP contribution in [-0.2, 0) is 11.0 Å². The van der Waals surface area contributed by atoms with Crippen LogP contribution in [0, 0.1) is 12.8 Å². The van der Waals surface area contributed by atoms with Gasteiger partial charge in [-0.15, -0.1) is 0 Å². The van der Waals surface area contributed by atoms with Gasteiger partial charge in [0.2, 0.25) is 5.91 Å². The third kappa shape index (κ3) is 5.52. The molecule has 2 atom stereocenters. The molecule has 2 fully saturated rings. The molecule has 226 valence electrons. The molecule has 2 saturated heterocycles. The maximum absolute atomic E-state index is 13.4. The molecule has 12 nitrogen and oxygen atoms in total. The first-order valence-corrected chi connectivity index (χ1v) is 13.9. The Labute approximate surface area is 243 Å². The normalized spacial score (nSPS) is 19.6. The van der Waals surface area contributed by atoms with Crippen LogP contribution >= 0.6 is 0 Å². The van der Waals surface area contributed by atoms with Gasteiger partial charge in [-0.25, -0.2) is 9.97 Å². The number of β-amino-alcohol motifs (C(OH)–C–C–N with tert-alkyl or cyclic N) is 1. The van der Waals surface area contributed by atoms with E-state index in [4.69, 9.17) is 0 Å². The molecule has 1 aromatic carbocycles. The van der Waals surface area contributed by atoms with Gasteiger partial charge in [0.1, 0.15) is 0 Å². The lowest BCUT2D eigenvalue weighted by Gasteiger charge is -2.38. The summed E-state index contributed by atoms with van der Waals surface area (Å²) in [6.45, 7) is 4.52. The van der Waals surface area contributed by atoms with Gasteiger partial charge in [0.15, 0.2) is 17.2 Å². The van der Waals surface area contributed by atoms with Crippen molar-refractivity contribution in [3.05, 3.63) is 59.8 Å². The molecule has 0 bridgehead atoms. The van der Waals surface area contributed by atoms with Gasteiger partial charge >= 0.3 is 6.18 Å². The highest BCUT2D eigenvalue weighted by atomic mass is 19.4. The minimum absolute atomic E-state index is 0.0634. The number of aromatic nitrogens is 5. The summed E-state index contributed by atoms with van der Waals surface area (Å²) in [4.78, 5) is 38.3. The van der Waals surface area contributed by atoms with Crippen LogP contribution in [0.4, 0.5) is 24.7 Å². The number of rotatable bonds is 5. The van der Waals surface area contributed by atoms with Crippen LogP contribution in [0.1, 0.15) is 28.0 Å². The lowest BCUT2D eigenvalue weighted by atomic mass is 9.93. The van der Waals surface area contributed by atoms with E-state index in [0.29, 0.717) is 68.4 Å². The molecule has 0 spiro atoms. The first-order chi connectivity index (χ1) is 20.6. The number of anilines is 2. The highest BCUT2D eigenvalue weighted by Gasteiger charge is 2.38. The molecule has 2 aliphatic heterocycles. The maximum atomic E-state index is 13.4. The number of halogens is 3. The molecule has 6 rings (SSSR count). The van der Waals surface area contributed by atoms with Crippen molar-refractivity contribution < 1.29 is 27.9 Å². The van der Waals surface area contributed by atoms with Gasteiger partial charge in [0.25, 0.3) is 5.91 Å². The van der Waals surface area contributed by atoms with E-state index < -0.39 is 23.9 Å². The number of aliphatic hydroxyl groups excluding tert-OH is 1. The summed E-state index contributed by atoms with van der Waals surface area (Å²) in [5.74, 6) is -0.296. The third-order valence-electron chi connectivity index (χ3n) is 7.98. The number of aromatic amines is 1. The fourth-order valence-electron chi connectivity index (χ4n) is 5.69. The van der Waals surface area contributed by atoms with E-state index in [0.717, 1.165) is 5.56 Å². The molecule has 0 unspecified atom stereocenters. The van der Waals surface area contributed by atoms with E-state index in [1.54, 1.807) is 28.0 Å². The molecule has 0 radical (unpaired) electrons. The van der Waals surface area contributed by atoms with Crippen molar-refractivity contribution in [3.8, 4) is 11.3 Å². The highest BCUT2D eigenvalue weighted by molar-refractivity contribution is 5.96. The fourth-order valence-corrected chi connectivity index (χ4v) is 5.69. The zero-order valence-electron chi connectivity index (χ0n) is 23.2. The number of nitrogens with one attached hydrogen (secondary N) is 3. The van der Waals surface area contributed by atoms with Gasteiger partial charge in [-0.2, -0.15) is 18.3 Å². The maximum Gasteiger partial charge on any atom is 0.435 e. The molecule has 3 aromatic heterocycles. The van der Waals surface area contributed by atoms with Crippen molar-refractivity contribution in [1.82, 2.24) is 39.7 Å². The second-order valence-electron chi connectivity index (χ2n) is 10.7. The Morgan fingerprint density at radius 2 is 1.88 bits per heavy atom. The van der Waals surface area contributed by atoms with Crippen molar-refractivity contribution in [2.45, 2.75) is 25.6 Å². The number of alkyl halides is 3. The van der Waals surface area contributed by atoms with E-state index in [-0.39, 0.29) is 23.1 Å². The summed E-state index contributed by atoms with van der Waals surface area (Å²) >= 11 is 0. The number of fused-ring (bicyclic) bond motifs is 1. The molecular formula is C28H30F3N9O3. The van der Waals surface area contributed by atoms with E-state index in [9.17, 15) is 27.9 Å². The summed E-state index contributed by atoms with van der Waals surface area (Å²) in [6, 6.07) is 5.23. The number of H-pyrrole nitrogens is 1. The van der Waals surface area contributed by atoms with Crippen LogP contribution < -0.4 is 10.6 Å². The zero-order chi connectivity index (χ0) is 30.3. The second-order valence-corrected chi connectivity index (χ2v) is 10.7. The number of carbonyl (C=O) groups excluding carboxylic acids is 2. The molecule has 4 N–H and O–H groups in total. The van der Waals surface area contributed by atoms with Crippen LogP contribution in [-0.4, -0.2) is 96.7 Å². The molecule has 5 heterocycles. The molecule has 0 aliphatic carbocycles.